The van der Waals surface area contributed by atoms with Gasteiger partial charge >= 0.3 is 0 Å². The second-order valence-electron chi connectivity index (χ2n) is 5.51. The number of nitrogens with zero attached hydrogens (tertiary/aromatic N) is 6. The van der Waals surface area contributed by atoms with Crippen molar-refractivity contribution in [2.45, 2.75) is 6.54 Å². The van der Waals surface area contributed by atoms with E-state index >= 15 is 0 Å². The Bertz CT molecular complexity index is 1000. The van der Waals surface area contributed by atoms with Crippen molar-refractivity contribution >= 4 is 33.2 Å². The van der Waals surface area contributed by atoms with Crippen molar-refractivity contribution in [1.29, 1.82) is 0 Å². The summed E-state index contributed by atoms with van der Waals surface area (Å²) in [6, 6.07) is 2.10. The molecule has 10 heteroatoms. The average molecular weight is 339 g/mol. The number of hydrazine groups is 2. The molecular formula is C14H13N9S. The van der Waals surface area contributed by atoms with E-state index in [0.29, 0.717) is 12.4 Å². The molecule has 0 radical (unpaired) electrons. The van der Waals surface area contributed by atoms with Crippen LogP contribution in [0.25, 0.3) is 21.5 Å². The zero-order valence-corrected chi connectivity index (χ0v) is 13.5. The number of rotatable bonds is 3. The van der Waals surface area contributed by atoms with Gasteiger partial charge in [0.15, 0.2) is 11.6 Å². The van der Waals surface area contributed by atoms with Crippen LogP contribution >= 0.6 is 11.3 Å². The van der Waals surface area contributed by atoms with E-state index in [1.165, 1.54) is 4.88 Å². The molecule has 120 valence electrons. The van der Waals surface area contributed by atoms with Crippen molar-refractivity contribution in [3.8, 4) is 11.3 Å². The lowest BCUT2D eigenvalue weighted by Gasteiger charge is -2.15. The van der Waals surface area contributed by atoms with E-state index in [1.807, 2.05) is 24.5 Å². The van der Waals surface area contributed by atoms with Crippen LogP contribution in [0.4, 0.5) is 11.6 Å². The topological polar surface area (TPSA) is 99.6 Å². The molecule has 4 aromatic rings. The van der Waals surface area contributed by atoms with Crippen LogP contribution in [0.2, 0.25) is 0 Å². The summed E-state index contributed by atoms with van der Waals surface area (Å²) in [5, 5.41) is 13.1. The molecule has 0 aliphatic carbocycles. The number of H-pyrrole nitrogens is 1. The van der Waals surface area contributed by atoms with Crippen LogP contribution in [-0.2, 0) is 13.6 Å². The Morgan fingerprint density at radius 1 is 1.25 bits per heavy atom. The normalized spacial score (nSPS) is 13.5. The molecule has 1 aliphatic rings. The molecule has 9 nitrogen and oxygen atoms in total. The minimum absolute atomic E-state index is 0.679. The molecule has 0 saturated heterocycles. The first-order valence-corrected chi connectivity index (χ1v) is 8.15. The molecule has 0 saturated carbocycles. The van der Waals surface area contributed by atoms with Gasteiger partial charge in [-0.1, -0.05) is 0 Å². The Labute approximate surface area is 140 Å². The van der Waals surface area contributed by atoms with Gasteiger partial charge in [-0.25, -0.2) is 9.97 Å². The first-order valence-electron chi connectivity index (χ1n) is 7.33. The minimum atomic E-state index is 0.679. The number of thiophene rings is 1. The molecule has 0 fully saturated rings. The van der Waals surface area contributed by atoms with Crippen molar-refractivity contribution in [3.05, 3.63) is 35.7 Å². The van der Waals surface area contributed by atoms with Gasteiger partial charge in [-0.15, -0.1) is 16.9 Å². The van der Waals surface area contributed by atoms with Gasteiger partial charge in [0, 0.05) is 23.7 Å². The quantitative estimate of drug-likeness (QED) is 0.522. The summed E-state index contributed by atoms with van der Waals surface area (Å²) in [5.41, 5.74) is 8.94. The minimum Gasteiger partial charge on any atom is -0.285 e. The van der Waals surface area contributed by atoms with Gasteiger partial charge in [0.2, 0.25) is 0 Å². The SMILES string of the molecule is Cn1cc(-c2cnc3c(n2)N(Cc2cc4[nH]ncc4s2)NN3)cn1. The van der Waals surface area contributed by atoms with Gasteiger partial charge < -0.3 is 0 Å². The molecule has 0 amide bonds. The molecule has 5 heterocycles. The van der Waals surface area contributed by atoms with Crippen LogP contribution in [0.5, 0.6) is 0 Å². The van der Waals surface area contributed by atoms with E-state index in [0.717, 1.165) is 27.3 Å². The van der Waals surface area contributed by atoms with Crippen LogP contribution in [0.15, 0.2) is 30.9 Å². The number of anilines is 2. The number of aromatic amines is 1. The maximum absolute atomic E-state index is 4.73. The molecule has 4 aromatic heterocycles. The number of aromatic nitrogens is 6. The summed E-state index contributed by atoms with van der Waals surface area (Å²) in [6.07, 6.45) is 7.29. The number of hydrogen-bond donors (Lipinski definition) is 3. The third-order valence-electron chi connectivity index (χ3n) is 3.81. The molecule has 5 rings (SSSR count). The van der Waals surface area contributed by atoms with Crippen molar-refractivity contribution in [2.75, 3.05) is 10.4 Å². The lowest BCUT2D eigenvalue weighted by molar-refractivity contribution is 0.723. The van der Waals surface area contributed by atoms with Crippen LogP contribution in [0, 0.1) is 0 Å². The molecule has 0 spiro atoms. The third kappa shape index (κ3) is 2.12. The number of hydrogen-bond acceptors (Lipinski definition) is 8. The number of nitrogens with one attached hydrogen (secondary N) is 3. The highest BCUT2D eigenvalue weighted by atomic mass is 32.1. The van der Waals surface area contributed by atoms with Crippen LogP contribution in [-0.4, -0.2) is 29.9 Å². The highest BCUT2D eigenvalue weighted by Gasteiger charge is 2.23. The summed E-state index contributed by atoms with van der Waals surface area (Å²) in [6.45, 7) is 0.679. The lowest BCUT2D eigenvalue weighted by Crippen LogP contribution is -2.35. The van der Waals surface area contributed by atoms with E-state index in [2.05, 4.69) is 37.3 Å². The fraction of sp³-hybridized carbons (Fsp3) is 0.143. The molecule has 24 heavy (non-hydrogen) atoms. The lowest BCUT2D eigenvalue weighted by atomic mass is 10.3. The maximum atomic E-state index is 4.73. The summed E-state index contributed by atoms with van der Waals surface area (Å²) in [4.78, 5) is 10.4. The van der Waals surface area contributed by atoms with E-state index in [4.69, 9.17) is 4.98 Å². The molecular weight excluding hydrogens is 326 g/mol. The fourth-order valence-corrected chi connectivity index (χ4v) is 3.64. The largest absolute Gasteiger partial charge is 0.285 e. The standard InChI is InChI=1S/C14H13N9S/c1-22-6-8(3-17-22)11-4-15-13-14(18-11)23(21-20-13)7-9-2-10-12(24-9)5-16-19-10/h2-6,21H,7H2,1H3,(H,15,20)(H,16,19). The fourth-order valence-electron chi connectivity index (χ4n) is 2.67. The summed E-state index contributed by atoms with van der Waals surface area (Å²) in [7, 11) is 1.88. The Balaban J connectivity index is 1.47. The first kappa shape index (κ1) is 13.5. The van der Waals surface area contributed by atoms with E-state index < -0.39 is 0 Å². The van der Waals surface area contributed by atoms with Crippen molar-refractivity contribution in [1.82, 2.24) is 35.5 Å². The molecule has 0 aromatic carbocycles. The third-order valence-corrected chi connectivity index (χ3v) is 4.87. The Hall–Kier alpha value is -2.98. The molecule has 0 atom stereocenters. The summed E-state index contributed by atoms with van der Waals surface area (Å²) in [5.74, 6) is 1.48. The molecule has 1 aliphatic heterocycles. The van der Waals surface area contributed by atoms with Gasteiger partial charge in [0.1, 0.15) is 0 Å². The Kier molecular flexibility index (Phi) is 2.81. The summed E-state index contributed by atoms with van der Waals surface area (Å²) >= 11 is 1.70. The zero-order chi connectivity index (χ0) is 16.1. The second-order valence-corrected chi connectivity index (χ2v) is 6.68. The van der Waals surface area contributed by atoms with E-state index in [-0.39, 0.29) is 0 Å². The maximum Gasteiger partial charge on any atom is 0.190 e. The summed E-state index contributed by atoms with van der Waals surface area (Å²) < 4.78 is 2.90. The smallest absolute Gasteiger partial charge is 0.190 e. The van der Waals surface area contributed by atoms with E-state index in [9.17, 15) is 0 Å². The molecule has 3 N–H and O–H groups in total. The van der Waals surface area contributed by atoms with Crippen molar-refractivity contribution in [2.24, 2.45) is 7.05 Å². The van der Waals surface area contributed by atoms with E-state index in [1.54, 1.807) is 28.4 Å². The number of fused-ring (bicyclic) bond motifs is 2. The van der Waals surface area contributed by atoms with Crippen LogP contribution in [0.1, 0.15) is 4.88 Å². The van der Waals surface area contributed by atoms with Gasteiger partial charge in [0.05, 0.1) is 41.0 Å². The van der Waals surface area contributed by atoms with Gasteiger partial charge in [0.25, 0.3) is 0 Å². The Morgan fingerprint density at radius 3 is 3.04 bits per heavy atom. The number of aryl methyl sites for hydroxylation is 1. The predicted molar refractivity (Wildman–Crippen MR) is 91.1 cm³/mol. The van der Waals surface area contributed by atoms with Gasteiger partial charge in [-0.2, -0.15) is 10.2 Å². The highest BCUT2D eigenvalue weighted by molar-refractivity contribution is 7.19. The van der Waals surface area contributed by atoms with Crippen molar-refractivity contribution < 1.29 is 0 Å². The second kappa shape index (κ2) is 5.01. The Morgan fingerprint density at radius 2 is 2.21 bits per heavy atom. The predicted octanol–water partition coefficient (Wildman–Crippen LogP) is 1.67. The highest BCUT2D eigenvalue weighted by Crippen LogP contribution is 2.31. The first-order chi connectivity index (χ1) is 11.8. The molecule has 0 bridgehead atoms. The molecule has 0 unspecified atom stereocenters. The van der Waals surface area contributed by atoms with Crippen LogP contribution < -0.4 is 16.0 Å². The van der Waals surface area contributed by atoms with Gasteiger partial charge in [-0.3, -0.25) is 20.2 Å². The monoisotopic (exact) mass is 339 g/mol. The van der Waals surface area contributed by atoms with Crippen LogP contribution in [0.3, 0.4) is 0 Å². The van der Waals surface area contributed by atoms with Crippen molar-refractivity contribution in [3.63, 3.8) is 0 Å². The zero-order valence-electron chi connectivity index (χ0n) is 12.7. The van der Waals surface area contributed by atoms with Gasteiger partial charge in [-0.05, 0) is 6.07 Å². The average Bonchev–Trinajstić information content (AvgIpc) is 3.31.